The van der Waals surface area contributed by atoms with E-state index in [0.717, 1.165) is 12.0 Å². The Morgan fingerprint density at radius 2 is 2.15 bits per heavy atom. The number of carbonyl (C=O) groups is 1. The van der Waals surface area contributed by atoms with E-state index in [1.165, 1.54) is 0 Å². The van der Waals surface area contributed by atoms with Gasteiger partial charge < -0.3 is 5.32 Å². The number of carbonyl (C=O) groups excluding carboxylic acids is 1. The number of rotatable bonds is 5. The quantitative estimate of drug-likeness (QED) is 0.908. The molecule has 2 aromatic rings. The molecule has 4 nitrogen and oxygen atoms in total. The van der Waals surface area contributed by atoms with Crippen LogP contribution in [0.2, 0.25) is 10.0 Å². The van der Waals surface area contributed by atoms with E-state index in [9.17, 15) is 4.79 Å². The van der Waals surface area contributed by atoms with E-state index in [0.29, 0.717) is 28.8 Å². The van der Waals surface area contributed by atoms with Crippen LogP contribution in [0.3, 0.4) is 0 Å². The number of hydrogen-bond donors (Lipinski definition) is 1. The molecule has 0 bridgehead atoms. The van der Waals surface area contributed by atoms with Crippen LogP contribution in [0.15, 0.2) is 30.5 Å². The molecule has 0 unspecified atom stereocenters. The van der Waals surface area contributed by atoms with Crippen molar-refractivity contribution >= 4 is 34.9 Å². The molecule has 0 aliphatic carbocycles. The molecule has 106 valence electrons. The number of nitrogens with one attached hydrogen (secondary N) is 1. The fraction of sp³-hybridized carbons (Fsp3) is 0.286. The normalized spacial score (nSPS) is 10.6. The molecule has 0 aliphatic rings. The van der Waals surface area contributed by atoms with Crippen molar-refractivity contribution in [2.75, 3.05) is 5.32 Å². The van der Waals surface area contributed by atoms with Crippen LogP contribution < -0.4 is 5.32 Å². The second-order valence-electron chi connectivity index (χ2n) is 4.43. The Morgan fingerprint density at radius 1 is 1.35 bits per heavy atom. The van der Waals surface area contributed by atoms with Crippen molar-refractivity contribution in [1.82, 2.24) is 9.78 Å². The van der Waals surface area contributed by atoms with E-state index in [-0.39, 0.29) is 5.91 Å². The van der Waals surface area contributed by atoms with Crippen LogP contribution in [0, 0.1) is 0 Å². The summed E-state index contributed by atoms with van der Waals surface area (Å²) in [5.74, 6) is 0.524. The smallest absolute Gasteiger partial charge is 0.225 e. The Hall–Kier alpha value is -1.52. The van der Waals surface area contributed by atoms with Gasteiger partial charge in [0, 0.05) is 28.7 Å². The predicted octanol–water partition coefficient (Wildman–Crippen LogP) is 3.98. The molecule has 1 aromatic carbocycles. The molecule has 0 saturated carbocycles. The summed E-state index contributed by atoms with van der Waals surface area (Å²) in [6.07, 6.45) is 3.11. The van der Waals surface area contributed by atoms with Crippen LogP contribution in [-0.4, -0.2) is 15.7 Å². The number of hydrogen-bond acceptors (Lipinski definition) is 2. The Balaban J connectivity index is 2.04. The summed E-state index contributed by atoms with van der Waals surface area (Å²) in [5, 5.41) is 8.24. The lowest BCUT2D eigenvalue weighted by molar-refractivity contribution is -0.116. The molecule has 0 aliphatic heterocycles. The number of aromatic nitrogens is 2. The van der Waals surface area contributed by atoms with Crippen LogP contribution >= 0.6 is 23.2 Å². The number of benzene rings is 1. The molecule has 6 heteroatoms. The summed E-state index contributed by atoms with van der Waals surface area (Å²) in [6.45, 7) is 2.49. The van der Waals surface area contributed by atoms with Crippen molar-refractivity contribution in [3.63, 3.8) is 0 Å². The minimum Gasteiger partial charge on any atom is -0.309 e. The first-order valence-corrected chi connectivity index (χ1v) is 7.11. The monoisotopic (exact) mass is 311 g/mol. The summed E-state index contributed by atoms with van der Waals surface area (Å²) in [4.78, 5) is 11.5. The van der Waals surface area contributed by atoms with Crippen molar-refractivity contribution in [3.8, 4) is 0 Å². The summed E-state index contributed by atoms with van der Waals surface area (Å²) in [6, 6.07) is 7.11. The molecule has 20 heavy (non-hydrogen) atoms. The van der Waals surface area contributed by atoms with Crippen molar-refractivity contribution in [1.29, 1.82) is 0 Å². The molecular weight excluding hydrogens is 297 g/mol. The van der Waals surface area contributed by atoms with Gasteiger partial charge in [-0.15, -0.1) is 0 Å². The Morgan fingerprint density at radius 3 is 2.85 bits per heavy atom. The highest BCUT2D eigenvalue weighted by Gasteiger charge is 2.06. The third-order valence-electron chi connectivity index (χ3n) is 2.73. The van der Waals surface area contributed by atoms with E-state index >= 15 is 0 Å². The third kappa shape index (κ3) is 3.99. The molecule has 0 spiro atoms. The highest BCUT2D eigenvalue weighted by Crippen LogP contribution is 2.21. The highest BCUT2D eigenvalue weighted by molar-refractivity contribution is 6.35. The Kier molecular flexibility index (Phi) is 5.04. The van der Waals surface area contributed by atoms with Crippen LogP contribution in [0.4, 0.5) is 5.82 Å². The maximum absolute atomic E-state index is 11.5. The van der Waals surface area contributed by atoms with E-state index < -0.39 is 0 Å². The lowest BCUT2D eigenvalue weighted by Gasteiger charge is -2.05. The van der Waals surface area contributed by atoms with Crippen molar-refractivity contribution < 1.29 is 4.79 Å². The van der Waals surface area contributed by atoms with Crippen molar-refractivity contribution in [2.24, 2.45) is 0 Å². The number of nitrogens with zero attached hydrogens (tertiary/aromatic N) is 2. The van der Waals surface area contributed by atoms with Gasteiger partial charge in [0.1, 0.15) is 0 Å². The molecule has 1 heterocycles. The standard InChI is InChI=1S/C14H15Cl2N3O/c1-2-3-14(20)17-13-6-7-19(18-13)9-10-4-5-11(15)8-12(10)16/h4-8H,2-3,9H2,1H3,(H,17,18,20). The zero-order chi connectivity index (χ0) is 14.5. The van der Waals surface area contributed by atoms with Crippen molar-refractivity contribution in [2.45, 2.75) is 26.3 Å². The zero-order valence-electron chi connectivity index (χ0n) is 11.1. The fourth-order valence-corrected chi connectivity index (χ4v) is 2.24. The second kappa shape index (κ2) is 6.77. The molecule has 0 radical (unpaired) electrons. The molecular formula is C14H15Cl2N3O. The maximum atomic E-state index is 11.5. The molecule has 1 amide bonds. The Bertz CT molecular complexity index is 610. The van der Waals surface area contributed by atoms with Gasteiger partial charge in [0.15, 0.2) is 5.82 Å². The Labute approximate surface area is 127 Å². The van der Waals surface area contributed by atoms with Crippen molar-refractivity contribution in [3.05, 3.63) is 46.1 Å². The minimum absolute atomic E-state index is 0.0257. The summed E-state index contributed by atoms with van der Waals surface area (Å²) in [7, 11) is 0. The summed E-state index contributed by atoms with van der Waals surface area (Å²) < 4.78 is 1.72. The van der Waals surface area contributed by atoms with Gasteiger partial charge in [0.05, 0.1) is 6.54 Å². The van der Waals surface area contributed by atoms with E-state index in [1.807, 2.05) is 13.0 Å². The van der Waals surface area contributed by atoms with E-state index in [2.05, 4.69) is 10.4 Å². The SMILES string of the molecule is CCCC(=O)Nc1ccn(Cc2ccc(Cl)cc2Cl)n1. The van der Waals surface area contributed by atoms with Crippen LogP contribution in [0.5, 0.6) is 0 Å². The topological polar surface area (TPSA) is 46.9 Å². The molecule has 1 N–H and O–H groups in total. The van der Waals surface area contributed by atoms with Crippen LogP contribution in [0.25, 0.3) is 0 Å². The van der Waals surface area contributed by atoms with Gasteiger partial charge in [0.2, 0.25) is 5.91 Å². The first kappa shape index (κ1) is 14.9. The average molecular weight is 312 g/mol. The minimum atomic E-state index is -0.0257. The van der Waals surface area contributed by atoms with Gasteiger partial charge in [-0.3, -0.25) is 9.48 Å². The molecule has 0 saturated heterocycles. The highest BCUT2D eigenvalue weighted by atomic mass is 35.5. The number of anilines is 1. The lowest BCUT2D eigenvalue weighted by atomic mass is 10.2. The largest absolute Gasteiger partial charge is 0.309 e. The van der Waals surface area contributed by atoms with E-state index in [1.54, 1.807) is 29.1 Å². The van der Waals surface area contributed by atoms with E-state index in [4.69, 9.17) is 23.2 Å². The first-order valence-electron chi connectivity index (χ1n) is 6.35. The second-order valence-corrected chi connectivity index (χ2v) is 5.28. The number of amides is 1. The summed E-state index contributed by atoms with van der Waals surface area (Å²) in [5.41, 5.74) is 0.922. The molecule has 2 rings (SSSR count). The molecule has 0 atom stereocenters. The fourth-order valence-electron chi connectivity index (χ4n) is 1.77. The van der Waals surface area contributed by atoms with Crippen LogP contribution in [-0.2, 0) is 11.3 Å². The van der Waals surface area contributed by atoms with Gasteiger partial charge in [-0.25, -0.2) is 0 Å². The summed E-state index contributed by atoms with van der Waals surface area (Å²) >= 11 is 12.0. The predicted molar refractivity (Wildman–Crippen MR) is 81.3 cm³/mol. The van der Waals surface area contributed by atoms with Gasteiger partial charge in [-0.2, -0.15) is 5.10 Å². The maximum Gasteiger partial charge on any atom is 0.225 e. The van der Waals surface area contributed by atoms with Gasteiger partial charge in [-0.1, -0.05) is 36.2 Å². The van der Waals surface area contributed by atoms with Gasteiger partial charge in [0.25, 0.3) is 0 Å². The molecule has 0 fully saturated rings. The first-order chi connectivity index (χ1) is 9.58. The van der Waals surface area contributed by atoms with Crippen LogP contribution in [0.1, 0.15) is 25.3 Å². The molecule has 1 aromatic heterocycles. The average Bonchev–Trinajstić information content (AvgIpc) is 2.80. The number of halogens is 2. The van der Waals surface area contributed by atoms with Gasteiger partial charge >= 0.3 is 0 Å². The van der Waals surface area contributed by atoms with Gasteiger partial charge in [-0.05, 0) is 24.1 Å². The zero-order valence-corrected chi connectivity index (χ0v) is 12.6. The third-order valence-corrected chi connectivity index (χ3v) is 3.32. The lowest BCUT2D eigenvalue weighted by Crippen LogP contribution is -2.11.